The normalized spacial score (nSPS) is 23.7. The SMILES string of the molecule is O=S(=O)(c1ccc(C(F)(F)F)cc1)N1CCN(C2C=CCCC2)CC1. The van der Waals surface area contributed by atoms with Crippen LogP contribution in [0.1, 0.15) is 24.8 Å². The molecule has 2 aliphatic rings. The van der Waals surface area contributed by atoms with Gasteiger partial charge in [-0.3, -0.25) is 4.90 Å². The zero-order valence-electron chi connectivity index (χ0n) is 13.7. The van der Waals surface area contributed by atoms with Gasteiger partial charge in [-0.2, -0.15) is 17.5 Å². The quantitative estimate of drug-likeness (QED) is 0.764. The second kappa shape index (κ2) is 7.09. The maximum atomic E-state index is 12.6. The van der Waals surface area contributed by atoms with Crippen LogP contribution in [-0.4, -0.2) is 49.8 Å². The molecule has 1 aromatic rings. The summed E-state index contributed by atoms with van der Waals surface area (Å²) in [6, 6.07) is 4.07. The van der Waals surface area contributed by atoms with E-state index in [-0.39, 0.29) is 4.90 Å². The van der Waals surface area contributed by atoms with Crippen LogP contribution in [0.3, 0.4) is 0 Å². The molecule has 1 fully saturated rings. The molecule has 0 aromatic heterocycles. The molecule has 1 saturated heterocycles. The first-order chi connectivity index (χ1) is 11.8. The summed E-state index contributed by atoms with van der Waals surface area (Å²) >= 11 is 0. The first kappa shape index (κ1) is 18.4. The summed E-state index contributed by atoms with van der Waals surface area (Å²) in [6.07, 6.45) is 3.20. The fourth-order valence-corrected chi connectivity index (χ4v) is 4.76. The number of alkyl halides is 3. The molecule has 1 atom stereocenters. The van der Waals surface area contributed by atoms with E-state index < -0.39 is 21.8 Å². The predicted molar refractivity (Wildman–Crippen MR) is 88.6 cm³/mol. The zero-order valence-corrected chi connectivity index (χ0v) is 14.6. The Morgan fingerprint density at radius 2 is 1.64 bits per heavy atom. The van der Waals surface area contributed by atoms with Gasteiger partial charge >= 0.3 is 6.18 Å². The number of allylic oxidation sites excluding steroid dienone is 1. The highest BCUT2D eigenvalue weighted by atomic mass is 32.2. The summed E-state index contributed by atoms with van der Waals surface area (Å²) in [6.45, 7) is 1.98. The van der Waals surface area contributed by atoms with Gasteiger partial charge in [-0.15, -0.1) is 0 Å². The highest BCUT2D eigenvalue weighted by Crippen LogP contribution is 2.30. The molecule has 1 heterocycles. The van der Waals surface area contributed by atoms with Gasteiger partial charge in [-0.1, -0.05) is 12.2 Å². The molecule has 0 saturated carbocycles. The van der Waals surface area contributed by atoms with Gasteiger partial charge in [0.1, 0.15) is 0 Å². The van der Waals surface area contributed by atoms with Crippen LogP contribution in [0.5, 0.6) is 0 Å². The van der Waals surface area contributed by atoms with Crippen molar-refractivity contribution in [2.75, 3.05) is 26.2 Å². The molecule has 1 aromatic carbocycles. The Hall–Kier alpha value is -1.38. The molecule has 0 bridgehead atoms. The van der Waals surface area contributed by atoms with Crippen LogP contribution in [0.4, 0.5) is 13.2 Å². The average molecular weight is 374 g/mol. The minimum atomic E-state index is -4.47. The standard InChI is InChI=1S/C17H21F3N2O2S/c18-17(19,20)14-6-8-16(9-7-14)25(23,24)22-12-10-21(11-13-22)15-4-2-1-3-5-15/h2,4,6-9,15H,1,3,5,10-13H2. The third kappa shape index (κ3) is 4.07. The Balaban J connectivity index is 1.67. The average Bonchev–Trinajstić information content (AvgIpc) is 2.62. The van der Waals surface area contributed by atoms with Gasteiger partial charge in [0.05, 0.1) is 10.5 Å². The molecular formula is C17H21F3N2O2S. The molecular weight excluding hydrogens is 353 g/mol. The lowest BCUT2D eigenvalue weighted by atomic mass is 10.0. The van der Waals surface area contributed by atoms with E-state index in [9.17, 15) is 21.6 Å². The van der Waals surface area contributed by atoms with Crippen molar-refractivity contribution in [3.05, 3.63) is 42.0 Å². The molecule has 3 rings (SSSR count). The first-order valence-corrected chi connectivity index (χ1v) is 9.80. The van der Waals surface area contributed by atoms with Crippen molar-refractivity contribution in [3.8, 4) is 0 Å². The Morgan fingerprint density at radius 3 is 2.16 bits per heavy atom. The van der Waals surface area contributed by atoms with Crippen LogP contribution in [0, 0.1) is 0 Å². The van der Waals surface area contributed by atoms with Gasteiger partial charge in [0.25, 0.3) is 0 Å². The lowest BCUT2D eigenvalue weighted by Gasteiger charge is -2.38. The van der Waals surface area contributed by atoms with Gasteiger partial charge in [0, 0.05) is 32.2 Å². The topological polar surface area (TPSA) is 40.6 Å². The van der Waals surface area contributed by atoms with Crippen LogP contribution in [0.25, 0.3) is 0 Å². The summed E-state index contributed by atoms with van der Waals surface area (Å²) in [5, 5.41) is 0. The molecule has 1 unspecified atom stereocenters. The molecule has 0 N–H and O–H groups in total. The Kier molecular flexibility index (Phi) is 5.22. The van der Waals surface area contributed by atoms with Crippen molar-refractivity contribution in [1.82, 2.24) is 9.21 Å². The smallest absolute Gasteiger partial charge is 0.294 e. The number of hydrogen-bond donors (Lipinski definition) is 0. The maximum absolute atomic E-state index is 12.6. The Bertz CT molecular complexity index is 721. The lowest BCUT2D eigenvalue weighted by molar-refractivity contribution is -0.137. The second-order valence-electron chi connectivity index (χ2n) is 6.39. The summed E-state index contributed by atoms with van der Waals surface area (Å²) in [5.74, 6) is 0. The molecule has 138 valence electrons. The van der Waals surface area contributed by atoms with E-state index >= 15 is 0 Å². The largest absolute Gasteiger partial charge is 0.416 e. The lowest BCUT2D eigenvalue weighted by Crippen LogP contribution is -2.51. The van der Waals surface area contributed by atoms with Crippen LogP contribution in [-0.2, 0) is 16.2 Å². The van der Waals surface area contributed by atoms with Crippen molar-refractivity contribution >= 4 is 10.0 Å². The summed E-state index contributed by atoms with van der Waals surface area (Å²) in [5.41, 5.74) is -0.847. The third-order valence-electron chi connectivity index (χ3n) is 4.79. The van der Waals surface area contributed by atoms with Gasteiger partial charge in [-0.05, 0) is 43.5 Å². The molecule has 0 amide bonds. The van der Waals surface area contributed by atoms with Crippen molar-refractivity contribution in [2.45, 2.75) is 36.4 Å². The van der Waals surface area contributed by atoms with Crippen molar-refractivity contribution < 1.29 is 21.6 Å². The molecule has 0 radical (unpaired) electrons. The van der Waals surface area contributed by atoms with E-state index in [1.165, 1.54) is 4.31 Å². The first-order valence-electron chi connectivity index (χ1n) is 8.36. The van der Waals surface area contributed by atoms with Crippen LogP contribution < -0.4 is 0 Å². The minimum absolute atomic E-state index is 0.0912. The third-order valence-corrected chi connectivity index (χ3v) is 6.70. The molecule has 25 heavy (non-hydrogen) atoms. The molecule has 8 heteroatoms. The second-order valence-corrected chi connectivity index (χ2v) is 8.33. The fourth-order valence-electron chi connectivity index (χ4n) is 3.34. The van der Waals surface area contributed by atoms with Crippen molar-refractivity contribution in [2.24, 2.45) is 0 Å². The number of hydrogen-bond acceptors (Lipinski definition) is 3. The van der Waals surface area contributed by atoms with E-state index in [4.69, 9.17) is 0 Å². The number of nitrogens with zero attached hydrogens (tertiary/aromatic N) is 2. The zero-order chi connectivity index (χ0) is 18.1. The van der Waals surface area contributed by atoms with Crippen molar-refractivity contribution in [3.63, 3.8) is 0 Å². The van der Waals surface area contributed by atoms with E-state index in [1.54, 1.807) is 0 Å². The molecule has 1 aliphatic heterocycles. The van der Waals surface area contributed by atoms with Gasteiger partial charge < -0.3 is 0 Å². The number of benzene rings is 1. The minimum Gasteiger partial charge on any atom is -0.294 e. The van der Waals surface area contributed by atoms with Gasteiger partial charge in [0.15, 0.2) is 0 Å². The Labute approximate surface area is 146 Å². The highest BCUT2D eigenvalue weighted by molar-refractivity contribution is 7.89. The van der Waals surface area contributed by atoms with E-state index in [0.717, 1.165) is 43.5 Å². The monoisotopic (exact) mass is 374 g/mol. The highest BCUT2D eigenvalue weighted by Gasteiger charge is 2.33. The van der Waals surface area contributed by atoms with Gasteiger partial charge in [-0.25, -0.2) is 8.42 Å². The van der Waals surface area contributed by atoms with Crippen LogP contribution >= 0.6 is 0 Å². The number of halogens is 3. The molecule has 1 aliphatic carbocycles. The fraction of sp³-hybridized carbons (Fsp3) is 0.529. The van der Waals surface area contributed by atoms with Crippen LogP contribution in [0.2, 0.25) is 0 Å². The number of rotatable bonds is 3. The number of sulfonamides is 1. The summed E-state index contributed by atoms with van der Waals surface area (Å²) in [7, 11) is -3.76. The van der Waals surface area contributed by atoms with E-state index in [1.807, 2.05) is 0 Å². The predicted octanol–water partition coefficient (Wildman–Crippen LogP) is 3.12. The van der Waals surface area contributed by atoms with Crippen molar-refractivity contribution in [1.29, 1.82) is 0 Å². The number of piperazine rings is 1. The van der Waals surface area contributed by atoms with Crippen LogP contribution in [0.15, 0.2) is 41.3 Å². The molecule has 4 nitrogen and oxygen atoms in total. The van der Waals surface area contributed by atoms with E-state index in [0.29, 0.717) is 32.2 Å². The van der Waals surface area contributed by atoms with Gasteiger partial charge in [0.2, 0.25) is 10.0 Å². The Morgan fingerprint density at radius 1 is 1.00 bits per heavy atom. The maximum Gasteiger partial charge on any atom is 0.416 e. The molecule has 0 spiro atoms. The summed E-state index contributed by atoms with van der Waals surface area (Å²) in [4.78, 5) is 2.18. The van der Waals surface area contributed by atoms with E-state index in [2.05, 4.69) is 17.1 Å². The summed E-state index contributed by atoms with van der Waals surface area (Å²) < 4.78 is 64.5.